The number of halogens is 4. The molecule has 1 atom stereocenters. The first-order chi connectivity index (χ1) is 15.2. The number of hydrogen-bond donors (Lipinski definition) is 3. The molecular formula is C20H17ClF3N5O3. The van der Waals surface area contributed by atoms with Crippen LogP contribution >= 0.6 is 11.6 Å². The molecule has 0 aliphatic carbocycles. The summed E-state index contributed by atoms with van der Waals surface area (Å²) in [6.45, 7) is 1.74. The van der Waals surface area contributed by atoms with Crippen molar-refractivity contribution in [3.8, 4) is 22.5 Å². The number of hydrogen-bond acceptors (Lipinski definition) is 5. The maximum absolute atomic E-state index is 14.9. The van der Waals surface area contributed by atoms with Crippen LogP contribution in [0.15, 0.2) is 34.9 Å². The second-order valence-corrected chi connectivity index (χ2v) is 7.12. The predicted molar refractivity (Wildman–Crippen MR) is 109 cm³/mol. The van der Waals surface area contributed by atoms with E-state index in [0.717, 1.165) is 12.1 Å². The molecule has 0 fully saturated rings. The topological polar surface area (TPSA) is 109 Å². The molecule has 0 saturated heterocycles. The zero-order valence-corrected chi connectivity index (χ0v) is 17.6. The minimum absolute atomic E-state index is 0.00689. The van der Waals surface area contributed by atoms with Crippen LogP contribution in [-0.4, -0.2) is 28.8 Å². The van der Waals surface area contributed by atoms with Gasteiger partial charge in [-0.05, 0) is 36.2 Å². The van der Waals surface area contributed by atoms with Crippen LogP contribution in [-0.2, 0) is 4.79 Å². The normalized spacial score (nSPS) is 11.7. The molecule has 3 amide bonds. The molecule has 0 aliphatic heterocycles. The van der Waals surface area contributed by atoms with Crippen LogP contribution in [0.3, 0.4) is 0 Å². The molecule has 12 heteroatoms. The molecule has 3 aromatic rings. The lowest BCUT2D eigenvalue weighted by Gasteiger charge is -2.17. The van der Waals surface area contributed by atoms with Crippen LogP contribution in [0.4, 0.5) is 18.0 Å². The molecule has 3 N–H and O–H groups in total. The highest BCUT2D eigenvalue weighted by Crippen LogP contribution is 2.36. The Morgan fingerprint density at radius 2 is 1.91 bits per heavy atom. The molecule has 0 unspecified atom stereocenters. The number of urea groups is 1. The average molecular weight is 468 g/mol. The van der Waals surface area contributed by atoms with Gasteiger partial charge in [-0.3, -0.25) is 10.2 Å². The minimum Gasteiger partial charge on any atom is -0.339 e. The van der Waals surface area contributed by atoms with Crippen molar-refractivity contribution in [2.24, 2.45) is 0 Å². The van der Waals surface area contributed by atoms with E-state index in [1.165, 1.54) is 25.1 Å². The third kappa shape index (κ3) is 5.17. The van der Waals surface area contributed by atoms with Gasteiger partial charge in [-0.25, -0.2) is 23.4 Å². The fourth-order valence-electron chi connectivity index (χ4n) is 2.95. The van der Waals surface area contributed by atoms with E-state index in [2.05, 4.69) is 15.5 Å². The summed E-state index contributed by atoms with van der Waals surface area (Å²) in [5.41, 5.74) is 4.41. The molecule has 1 aromatic heterocycles. The van der Waals surface area contributed by atoms with Gasteiger partial charge in [0.2, 0.25) is 11.7 Å². The van der Waals surface area contributed by atoms with E-state index in [-0.39, 0.29) is 39.0 Å². The van der Waals surface area contributed by atoms with Gasteiger partial charge in [0.05, 0.1) is 11.6 Å². The summed E-state index contributed by atoms with van der Waals surface area (Å²) in [4.78, 5) is 26.6. The molecule has 0 spiro atoms. The van der Waals surface area contributed by atoms with Gasteiger partial charge in [-0.15, -0.1) is 0 Å². The van der Waals surface area contributed by atoms with Crippen molar-refractivity contribution < 1.29 is 27.3 Å². The number of carbonyl (C=O) groups is 2. The number of hydrazine groups is 1. The minimum atomic E-state index is -1.30. The fourth-order valence-corrected chi connectivity index (χ4v) is 3.15. The summed E-state index contributed by atoms with van der Waals surface area (Å²) in [5, 5.41) is 6.21. The number of aromatic nitrogens is 2. The molecule has 0 radical (unpaired) electrons. The van der Waals surface area contributed by atoms with Gasteiger partial charge in [0.15, 0.2) is 6.67 Å². The van der Waals surface area contributed by atoms with Crippen LogP contribution in [0.5, 0.6) is 0 Å². The highest BCUT2D eigenvalue weighted by molar-refractivity contribution is 6.31. The van der Waals surface area contributed by atoms with Gasteiger partial charge < -0.3 is 9.84 Å². The molecule has 1 heterocycles. The molecular weight excluding hydrogens is 451 g/mol. The molecule has 0 aliphatic rings. The zero-order chi connectivity index (χ0) is 23.4. The van der Waals surface area contributed by atoms with Crippen molar-refractivity contribution in [3.63, 3.8) is 0 Å². The summed E-state index contributed by atoms with van der Waals surface area (Å²) < 4.78 is 46.6. The van der Waals surface area contributed by atoms with E-state index >= 15 is 0 Å². The summed E-state index contributed by atoms with van der Waals surface area (Å²) in [5.74, 6) is -2.23. The first-order valence-electron chi connectivity index (χ1n) is 9.20. The van der Waals surface area contributed by atoms with Crippen molar-refractivity contribution in [2.75, 3.05) is 6.67 Å². The molecule has 168 valence electrons. The summed E-state index contributed by atoms with van der Waals surface area (Å²) in [6.07, 6.45) is 0. The zero-order valence-electron chi connectivity index (χ0n) is 16.8. The van der Waals surface area contributed by atoms with Crippen molar-refractivity contribution in [3.05, 3.63) is 58.4 Å². The number of amides is 3. The van der Waals surface area contributed by atoms with Gasteiger partial charge in [-0.2, -0.15) is 4.98 Å². The monoisotopic (exact) mass is 467 g/mol. The quantitative estimate of drug-likeness (QED) is 0.491. The molecule has 3 rings (SSSR count). The third-order valence-corrected chi connectivity index (χ3v) is 4.59. The van der Waals surface area contributed by atoms with E-state index in [4.69, 9.17) is 16.1 Å². The third-order valence-electron chi connectivity index (χ3n) is 4.37. The summed E-state index contributed by atoms with van der Waals surface area (Å²) >= 11 is 6.00. The standard InChI is InChI=1S/C20H17ClF3N5O3/c1-9(25-20(31)28-27-17(30)8-22)13-4-3-11(5-15(13)23)14-6-12(21)7-16(24)18(14)19-26-10(2)32-29-19/h3-7,9H,8H2,1-2H3,(H,27,30)(H2,25,28,31)/t9-/m1/s1. The molecule has 2 aromatic carbocycles. The van der Waals surface area contributed by atoms with E-state index in [9.17, 15) is 22.8 Å². The van der Waals surface area contributed by atoms with Crippen molar-refractivity contribution in [1.82, 2.24) is 26.3 Å². The molecule has 0 saturated carbocycles. The highest BCUT2D eigenvalue weighted by atomic mass is 35.5. The Kier molecular flexibility index (Phi) is 6.98. The van der Waals surface area contributed by atoms with Gasteiger partial charge >= 0.3 is 6.03 Å². The second-order valence-electron chi connectivity index (χ2n) is 6.69. The Labute approximate surface area is 185 Å². The Balaban J connectivity index is 1.89. The largest absolute Gasteiger partial charge is 0.339 e. The van der Waals surface area contributed by atoms with E-state index < -0.39 is 36.3 Å². The van der Waals surface area contributed by atoms with Crippen LogP contribution in [0.2, 0.25) is 5.02 Å². The summed E-state index contributed by atoms with van der Waals surface area (Å²) in [6, 6.07) is 4.92. The lowest BCUT2D eigenvalue weighted by Crippen LogP contribution is -2.48. The van der Waals surface area contributed by atoms with Crippen LogP contribution in [0.25, 0.3) is 22.5 Å². The van der Waals surface area contributed by atoms with Crippen molar-refractivity contribution in [1.29, 1.82) is 0 Å². The maximum atomic E-state index is 14.9. The Hall–Kier alpha value is -3.60. The number of nitrogens with zero attached hydrogens (tertiary/aromatic N) is 2. The van der Waals surface area contributed by atoms with Gasteiger partial charge in [0.1, 0.15) is 11.6 Å². The molecule has 32 heavy (non-hydrogen) atoms. The lowest BCUT2D eigenvalue weighted by molar-refractivity contribution is -0.122. The van der Waals surface area contributed by atoms with Gasteiger partial charge in [-0.1, -0.05) is 28.9 Å². The van der Waals surface area contributed by atoms with Gasteiger partial charge in [0.25, 0.3) is 5.91 Å². The lowest BCUT2D eigenvalue weighted by atomic mass is 9.96. The van der Waals surface area contributed by atoms with E-state index in [1.807, 2.05) is 10.9 Å². The summed E-state index contributed by atoms with van der Waals surface area (Å²) in [7, 11) is 0. The molecule has 0 bridgehead atoms. The Morgan fingerprint density at radius 3 is 2.53 bits per heavy atom. The fraction of sp³-hybridized carbons (Fsp3) is 0.200. The maximum Gasteiger partial charge on any atom is 0.333 e. The van der Waals surface area contributed by atoms with Crippen molar-refractivity contribution >= 4 is 23.5 Å². The average Bonchev–Trinajstić information content (AvgIpc) is 3.16. The SMILES string of the molecule is Cc1nc(-c2c(F)cc(Cl)cc2-c2ccc([C@@H](C)NC(=O)NNC(=O)CF)c(F)c2)no1. The van der Waals surface area contributed by atoms with Crippen LogP contribution < -0.4 is 16.2 Å². The number of nitrogens with one attached hydrogen (secondary N) is 3. The first-order valence-corrected chi connectivity index (χ1v) is 9.58. The Bertz CT molecular complexity index is 1170. The number of carbonyl (C=O) groups excluding carboxylic acids is 2. The predicted octanol–water partition coefficient (Wildman–Crippen LogP) is 4.00. The highest BCUT2D eigenvalue weighted by Gasteiger charge is 2.21. The molecule has 8 nitrogen and oxygen atoms in total. The van der Waals surface area contributed by atoms with Crippen LogP contribution in [0.1, 0.15) is 24.4 Å². The van der Waals surface area contributed by atoms with E-state index in [1.54, 1.807) is 6.92 Å². The van der Waals surface area contributed by atoms with Crippen molar-refractivity contribution in [2.45, 2.75) is 19.9 Å². The number of alkyl halides is 1. The first kappa shape index (κ1) is 23.1. The smallest absolute Gasteiger partial charge is 0.333 e. The van der Waals surface area contributed by atoms with E-state index in [0.29, 0.717) is 0 Å². The second kappa shape index (κ2) is 9.69. The Morgan fingerprint density at radius 1 is 1.16 bits per heavy atom. The van der Waals surface area contributed by atoms with Crippen LogP contribution in [0, 0.1) is 18.6 Å². The number of aryl methyl sites for hydroxylation is 1. The number of benzene rings is 2. The number of rotatable bonds is 5. The van der Waals surface area contributed by atoms with Gasteiger partial charge in [0, 0.05) is 17.5 Å².